The molecule has 0 spiro atoms. The van der Waals surface area contributed by atoms with Gasteiger partial charge in [-0.2, -0.15) is 10.2 Å². The predicted octanol–water partition coefficient (Wildman–Crippen LogP) is 1.89. The van der Waals surface area contributed by atoms with Gasteiger partial charge in [-0.15, -0.1) is 0 Å². The molecule has 1 aromatic carbocycles. The first-order valence-electron chi connectivity index (χ1n) is 6.64. The maximum Gasteiger partial charge on any atom is 0.291 e. The van der Waals surface area contributed by atoms with E-state index in [0.29, 0.717) is 17.2 Å². The Morgan fingerprint density at radius 3 is 2.64 bits per heavy atom. The number of aromatic amines is 1. The molecule has 22 heavy (non-hydrogen) atoms. The van der Waals surface area contributed by atoms with E-state index in [1.807, 2.05) is 13.0 Å². The number of nitrogens with zero attached hydrogens (tertiary/aromatic N) is 2. The number of hydrogen-bond acceptors (Lipinski definition) is 5. The summed E-state index contributed by atoms with van der Waals surface area (Å²) in [7, 11) is 3.15. The molecule has 0 saturated carbocycles. The van der Waals surface area contributed by atoms with E-state index in [9.17, 15) is 4.79 Å². The minimum atomic E-state index is -0.379. The summed E-state index contributed by atoms with van der Waals surface area (Å²) >= 11 is 0. The lowest BCUT2D eigenvalue weighted by Gasteiger charge is -2.10. The summed E-state index contributed by atoms with van der Waals surface area (Å²) in [6, 6.07) is 7.03. The molecule has 2 aromatic rings. The molecule has 2 rings (SSSR count). The monoisotopic (exact) mass is 302 g/mol. The Kier molecular flexibility index (Phi) is 4.77. The van der Waals surface area contributed by atoms with Gasteiger partial charge in [0.15, 0.2) is 5.69 Å². The number of H-pyrrole nitrogens is 1. The number of hydrogen-bond donors (Lipinski definition) is 2. The van der Waals surface area contributed by atoms with Gasteiger partial charge in [0.25, 0.3) is 5.91 Å². The summed E-state index contributed by atoms with van der Waals surface area (Å²) < 4.78 is 10.5. The van der Waals surface area contributed by atoms with Gasteiger partial charge in [-0.3, -0.25) is 9.89 Å². The van der Waals surface area contributed by atoms with Gasteiger partial charge >= 0.3 is 0 Å². The summed E-state index contributed by atoms with van der Waals surface area (Å²) in [5, 5.41) is 10.7. The molecular weight excluding hydrogens is 284 g/mol. The van der Waals surface area contributed by atoms with Crippen LogP contribution in [0.2, 0.25) is 0 Å². The van der Waals surface area contributed by atoms with Crippen LogP contribution in [0.4, 0.5) is 0 Å². The first-order valence-corrected chi connectivity index (χ1v) is 6.64. The van der Waals surface area contributed by atoms with Crippen LogP contribution >= 0.6 is 0 Å². The standard InChI is InChI=1S/C15H18N4O3/c1-9-7-13(18-16-9)15(20)19-17-10(2)12-6-5-11(21-3)8-14(12)22-4/h5-8H,1-4H3,(H,16,18)(H,19,20)/b17-10+. The summed E-state index contributed by atoms with van der Waals surface area (Å²) in [5.41, 5.74) is 4.94. The highest BCUT2D eigenvalue weighted by atomic mass is 16.5. The zero-order chi connectivity index (χ0) is 16.1. The third-order valence-corrected chi connectivity index (χ3v) is 3.06. The molecular formula is C15H18N4O3. The molecule has 0 aliphatic heterocycles. The molecule has 0 aliphatic rings. The van der Waals surface area contributed by atoms with Crippen molar-refractivity contribution >= 4 is 11.6 Å². The Balaban J connectivity index is 2.16. The third kappa shape index (κ3) is 3.43. The van der Waals surface area contributed by atoms with E-state index in [2.05, 4.69) is 20.7 Å². The quantitative estimate of drug-likeness (QED) is 0.652. The molecule has 1 heterocycles. The summed E-state index contributed by atoms with van der Waals surface area (Å²) in [6.07, 6.45) is 0. The van der Waals surface area contributed by atoms with Gasteiger partial charge in [0, 0.05) is 17.3 Å². The Morgan fingerprint density at radius 2 is 2.05 bits per heavy atom. The van der Waals surface area contributed by atoms with Crippen LogP contribution in [-0.2, 0) is 0 Å². The topological polar surface area (TPSA) is 88.6 Å². The summed E-state index contributed by atoms with van der Waals surface area (Å²) in [4.78, 5) is 11.9. The second-order valence-electron chi connectivity index (χ2n) is 4.64. The number of hydrazone groups is 1. The number of amides is 1. The summed E-state index contributed by atoms with van der Waals surface area (Å²) in [5.74, 6) is 0.922. The van der Waals surface area contributed by atoms with Gasteiger partial charge in [0.2, 0.25) is 0 Å². The molecule has 0 aliphatic carbocycles. The molecule has 2 N–H and O–H groups in total. The Hall–Kier alpha value is -2.83. The number of benzene rings is 1. The molecule has 0 atom stereocenters. The highest BCUT2D eigenvalue weighted by Crippen LogP contribution is 2.25. The number of methoxy groups -OCH3 is 2. The smallest absolute Gasteiger partial charge is 0.291 e. The van der Waals surface area contributed by atoms with Crippen LogP contribution in [0.5, 0.6) is 11.5 Å². The average molecular weight is 302 g/mol. The maximum absolute atomic E-state index is 11.9. The van der Waals surface area contributed by atoms with Crippen LogP contribution in [0.3, 0.4) is 0 Å². The normalized spacial score (nSPS) is 11.2. The Labute approximate surface area is 128 Å². The zero-order valence-electron chi connectivity index (χ0n) is 12.9. The lowest BCUT2D eigenvalue weighted by atomic mass is 10.1. The van der Waals surface area contributed by atoms with E-state index in [0.717, 1.165) is 11.3 Å². The first kappa shape index (κ1) is 15.6. The fourth-order valence-corrected chi connectivity index (χ4v) is 1.88. The van der Waals surface area contributed by atoms with Crippen molar-refractivity contribution in [2.24, 2.45) is 5.10 Å². The van der Waals surface area contributed by atoms with E-state index < -0.39 is 0 Å². The SMILES string of the molecule is COc1ccc(/C(C)=N/NC(=O)c2cc(C)[nH]n2)c(OC)c1. The molecule has 1 aromatic heterocycles. The molecule has 0 bridgehead atoms. The second kappa shape index (κ2) is 6.75. The van der Waals surface area contributed by atoms with Crippen LogP contribution in [0.1, 0.15) is 28.7 Å². The molecule has 0 saturated heterocycles. The molecule has 1 amide bonds. The fraction of sp³-hybridized carbons (Fsp3) is 0.267. The van der Waals surface area contributed by atoms with E-state index in [1.54, 1.807) is 39.3 Å². The fourth-order valence-electron chi connectivity index (χ4n) is 1.88. The van der Waals surface area contributed by atoms with Crippen molar-refractivity contribution in [3.8, 4) is 11.5 Å². The van der Waals surface area contributed by atoms with Crippen molar-refractivity contribution in [3.05, 3.63) is 41.2 Å². The van der Waals surface area contributed by atoms with Crippen LogP contribution in [0.15, 0.2) is 29.4 Å². The van der Waals surface area contributed by atoms with Gasteiger partial charge in [0.05, 0.1) is 19.9 Å². The van der Waals surface area contributed by atoms with Crippen molar-refractivity contribution < 1.29 is 14.3 Å². The highest BCUT2D eigenvalue weighted by molar-refractivity contribution is 6.02. The van der Waals surface area contributed by atoms with Crippen LogP contribution in [0, 0.1) is 6.92 Å². The molecule has 0 fully saturated rings. The second-order valence-corrected chi connectivity index (χ2v) is 4.64. The number of ether oxygens (including phenoxy) is 2. The van der Waals surface area contributed by atoms with Crippen LogP contribution in [-0.4, -0.2) is 36.0 Å². The molecule has 0 radical (unpaired) electrons. The molecule has 116 valence electrons. The largest absolute Gasteiger partial charge is 0.497 e. The first-order chi connectivity index (χ1) is 10.5. The van der Waals surface area contributed by atoms with Crippen molar-refractivity contribution in [1.29, 1.82) is 0 Å². The summed E-state index contributed by atoms with van der Waals surface area (Å²) in [6.45, 7) is 3.60. The van der Waals surface area contributed by atoms with E-state index in [4.69, 9.17) is 9.47 Å². The maximum atomic E-state index is 11.9. The minimum absolute atomic E-state index is 0.288. The van der Waals surface area contributed by atoms with Crippen LogP contribution in [0.25, 0.3) is 0 Å². The minimum Gasteiger partial charge on any atom is -0.497 e. The highest BCUT2D eigenvalue weighted by Gasteiger charge is 2.11. The third-order valence-electron chi connectivity index (χ3n) is 3.06. The van der Waals surface area contributed by atoms with E-state index in [1.165, 1.54) is 0 Å². The number of aromatic nitrogens is 2. The van der Waals surface area contributed by atoms with Gasteiger partial charge in [-0.25, -0.2) is 5.43 Å². The Bertz CT molecular complexity index is 707. The number of rotatable bonds is 5. The molecule has 7 nitrogen and oxygen atoms in total. The zero-order valence-corrected chi connectivity index (χ0v) is 12.9. The van der Waals surface area contributed by atoms with Crippen molar-refractivity contribution in [2.45, 2.75) is 13.8 Å². The number of carbonyl (C=O) groups is 1. The molecule has 7 heteroatoms. The lowest BCUT2D eigenvalue weighted by Crippen LogP contribution is -2.20. The van der Waals surface area contributed by atoms with Crippen LogP contribution < -0.4 is 14.9 Å². The van der Waals surface area contributed by atoms with Gasteiger partial charge in [-0.1, -0.05) is 0 Å². The predicted molar refractivity (Wildman–Crippen MR) is 82.5 cm³/mol. The van der Waals surface area contributed by atoms with Crippen molar-refractivity contribution in [1.82, 2.24) is 15.6 Å². The van der Waals surface area contributed by atoms with Gasteiger partial charge < -0.3 is 9.47 Å². The lowest BCUT2D eigenvalue weighted by molar-refractivity contribution is 0.0950. The Morgan fingerprint density at radius 1 is 1.27 bits per heavy atom. The van der Waals surface area contributed by atoms with E-state index >= 15 is 0 Å². The number of carbonyl (C=O) groups excluding carboxylic acids is 1. The average Bonchev–Trinajstić information content (AvgIpc) is 2.98. The van der Waals surface area contributed by atoms with Crippen molar-refractivity contribution in [2.75, 3.05) is 14.2 Å². The number of nitrogens with one attached hydrogen (secondary N) is 2. The molecule has 0 unspecified atom stereocenters. The van der Waals surface area contributed by atoms with Crippen molar-refractivity contribution in [3.63, 3.8) is 0 Å². The number of aryl methyl sites for hydroxylation is 1. The van der Waals surface area contributed by atoms with Gasteiger partial charge in [-0.05, 0) is 32.0 Å². The van der Waals surface area contributed by atoms with Gasteiger partial charge in [0.1, 0.15) is 11.5 Å². The van der Waals surface area contributed by atoms with E-state index in [-0.39, 0.29) is 11.6 Å².